The summed E-state index contributed by atoms with van der Waals surface area (Å²) in [5.74, 6) is -1.14. The van der Waals surface area contributed by atoms with Crippen LogP contribution in [0.25, 0.3) is 22.1 Å². The summed E-state index contributed by atoms with van der Waals surface area (Å²) < 4.78 is 11.1. The highest BCUT2D eigenvalue weighted by Gasteiger charge is 2.41. The van der Waals surface area contributed by atoms with Gasteiger partial charge in [0, 0.05) is 17.0 Å². The van der Waals surface area contributed by atoms with E-state index in [-0.39, 0.29) is 0 Å². The van der Waals surface area contributed by atoms with E-state index in [4.69, 9.17) is 9.15 Å². The number of benzene rings is 3. The second kappa shape index (κ2) is 6.88. The lowest BCUT2D eigenvalue weighted by molar-refractivity contribution is -0.139. The van der Waals surface area contributed by atoms with Crippen LogP contribution in [-0.4, -0.2) is 18.2 Å². The summed E-state index contributed by atoms with van der Waals surface area (Å²) in [6.07, 6.45) is 0. The third kappa shape index (κ3) is 2.63. The van der Waals surface area contributed by atoms with Crippen LogP contribution in [0.4, 0.5) is 0 Å². The molecule has 1 aliphatic rings. The largest absolute Gasteiger partial charge is 0.497 e. The van der Waals surface area contributed by atoms with Crippen LogP contribution in [0.15, 0.2) is 82.0 Å². The summed E-state index contributed by atoms with van der Waals surface area (Å²) in [4.78, 5) is 25.2. The van der Waals surface area contributed by atoms with Crippen molar-refractivity contribution in [1.82, 2.24) is 0 Å². The van der Waals surface area contributed by atoms with Gasteiger partial charge in [-0.2, -0.15) is 0 Å². The molecule has 0 amide bonds. The summed E-state index contributed by atoms with van der Waals surface area (Å²) in [6.45, 7) is 0. The van der Waals surface area contributed by atoms with E-state index in [1.54, 1.807) is 25.3 Å². The van der Waals surface area contributed by atoms with Crippen LogP contribution in [0.1, 0.15) is 28.5 Å². The SMILES string of the molecule is COc1ccc([C@H]2c3c(oc(=O)c4ccccc34)-c3ccccc3[C@@H]2C(=O)O)cc1. The molecular weight excluding hydrogens is 380 g/mol. The van der Waals surface area contributed by atoms with E-state index in [9.17, 15) is 14.7 Å². The standard InChI is InChI=1S/C25H18O5/c1-29-15-12-10-14(11-13-15)20-21-17-7-3-5-9-19(17)25(28)30-23(21)18-8-4-2-6-16(18)22(20)24(26)27/h2-13,20,22H,1H3,(H,26,27)/t20-,22-/m0/s1. The molecule has 0 bridgehead atoms. The van der Waals surface area contributed by atoms with Gasteiger partial charge in [0.25, 0.3) is 0 Å². The molecule has 0 saturated carbocycles. The zero-order chi connectivity index (χ0) is 20.8. The highest BCUT2D eigenvalue weighted by Crippen LogP contribution is 2.51. The summed E-state index contributed by atoms with van der Waals surface area (Å²) in [5.41, 5.74) is 2.39. The van der Waals surface area contributed by atoms with E-state index in [1.807, 2.05) is 54.6 Å². The Kier molecular flexibility index (Phi) is 4.17. The molecule has 5 nitrogen and oxygen atoms in total. The Bertz CT molecular complexity index is 1330. The Labute approximate surface area is 172 Å². The zero-order valence-corrected chi connectivity index (χ0v) is 16.2. The number of methoxy groups -OCH3 is 1. The molecule has 1 heterocycles. The van der Waals surface area contributed by atoms with Crippen molar-refractivity contribution < 1.29 is 19.1 Å². The van der Waals surface area contributed by atoms with Gasteiger partial charge in [-0.25, -0.2) is 4.79 Å². The molecule has 148 valence electrons. The molecule has 1 aromatic heterocycles. The average Bonchev–Trinajstić information content (AvgIpc) is 2.78. The van der Waals surface area contributed by atoms with Crippen LogP contribution < -0.4 is 10.4 Å². The van der Waals surface area contributed by atoms with Gasteiger partial charge in [0.15, 0.2) is 0 Å². The average molecular weight is 398 g/mol. The fourth-order valence-corrected chi connectivity index (χ4v) is 4.50. The minimum absolute atomic E-state index is 0.429. The van der Waals surface area contributed by atoms with Crippen molar-refractivity contribution in [1.29, 1.82) is 0 Å². The maximum absolute atomic E-state index is 12.7. The Morgan fingerprint density at radius 1 is 0.933 bits per heavy atom. The van der Waals surface area contributed by atoms with Crippen molar-refractivity contribution in [2.24, 2.45) is 0 Å². The second-order valence-corrected chi connectivity index (χ2v) is 7.33. The van der Waals surface area contributed by atoms with Gasteiger partial charge in [-0.3, -0.25) is 4.79 Å². The van der Waals surface area contributed by atoms with E-state index in [0.717, 1.165) is 11.1 Å². The number of hydrogen-bond acceptors (Lipinski definition) is 4. The topological polar surface area (TPSA) is 76.7 Å². The number of rotatable bonds is 3. The van der Waals surface area contributed by atoms with Gasteiger partial charge in [-0.05, 0) is 34.7 Å². The smallest absolute Gasteiger partial charge is 0.344 e. The summed E-state index contributed by atoms with van der Waals surface area (Å²) in [7, 11) is 1.59. The molecule has 0 radical (unpaired) electrons. The number of carboxylic acids is 1. The predicted molar refractivity (Wildman–Crippen MR) is 113 cm³/mol. The van der Waals surface area contributed by atoms with E-state index < -0.39 is 23.4 Å². The molecule has 0 unspecified atom stereocenters. The van der Waals surface area contributed by atoms with Crippen LogP contribution in [0.2, 0.25) is 0 Å². The highest BCUT2D eigenvalue weighted by atomic mass is 16.5. The normalized spacial score (nSPS) is 17.2. The molecule has 1 N–H and O–H groups in total. The van der Waals surface area contributed by atoms with Gasteiger partial charge in [0.1, 0.15) is 11.5 Å². The molecule has 30 heavy (non-hydrogen) atoms. The number of ether oxygens (including phenoxy) is 1. The van der Waals surface area contributed by atoms with E-state index in [2.05, 4.69) is 0 Å². The van der Waals surface area contributed by atoms with Crippen LogP contribution >= 0.6 is 0 Å². The van der Waals surface area contributed by atoms with Gasteiger partial charge in [0.2, 0.25) is 0 Å². The monoisotopic (exact) mass is 398 g/mol. The fraction of sp³-hybridized carbons (Fsp3) is 0.120. The molecule has 0 fully saturated rings. The summed E-state index contributed by atoms with van der Waals surface area (Å²) >= 11 is 0. The third-order valence-electron chi connectivity index (χ3n) is 5.80. The van der Waals surface area contributed by atoms with Crippen LogP contribution in [-0.2, 0) is 4.79 Å². The van der Waals surface area contributed by atoms with Gasteiger partial charge < -0.3 is 14.3 Å². The Morgan fingerprint density at radius 3 is 2.30 bits per heavy atom. The number of aliphatic carboxylic acids is 1. The second-order valence-electron chi connectivity index (χ2n) is 7.33. The molecule has 2 atom stereocenters. The third-order valence-corrected chi connectivity index (χ3v) is 5.80. The lowest BCUT2D eigenvalue weighted by Gasteiger charge is -2.33. The number of hydrogen-bond donors (Lipinski definition) is 1. The van der Waals surface area contributed by atoms with Crippen molar-refractivity contribution in [2.45, 2.75) is 11.8 Å². The maximum atomic E-state index is 12.7. The first-order valence-corrected chi connectivity index (χ1v) is 9.62. The first kappa shape index (κ1) is 18.2. The first-order chi connectivity index (χ1) is 14.6. The molecule has 4 aromatic rings. The molecule has 1 aliphatic carbocycles. The minimum Gasteiger partial charge on any atom is -0.497 e. The van der Waals surface area contributed by atoms with E-state index in [0.29, 0.717) is 33.4 Å². The van der Waals surface area contributed by atoms with Crippen LogP contribution in [0.5, 0.6) is 5.75 Å². The van der Waals surface area contributed by atoms with Crippen LogP contribution in [0.3, 0.4) is 0 Å². The van der Waals surface area contributed by atoms with Crippen molar-refractivity contribution in [3.05, 3.63) is 99.9 Å². The molecule has 3 aromatic carbocycles. The lowest BCUT2D eigenvalue weighted by Crippen LogP contribution is -2.26. The van der Waals surface area contributed by atoms with E-state index in [1.165, 1.54) is 0 Å². The van der Waals surface area contributed by atoms with Gasteiger partial charge in [-0.1, -0.05) is 54.6 Å². The lowest BCUT2D eigenvalue weighted by atomic mass is 9.69. The summed E-state index contributed by atoms with van der Waals surface area (Å²) in [5, 5.41) is 11.4. The highest BCUT2D eigenvalue weighted by molar-refractivity contribution is 5.95. The Morgan fingerprint density at radius 2 is 1.60 bits per heavy atom. The first-order valence-electron chi connectivity index (χ1n) is 9.62. The molecule has 0 spiro atoms. The summed E-state index contributed by atoms with van der Waals surface area (Å²) in [6, 6.07) is 21.8. The molecule has 5 rings (SSSR count). The number of fused-ring (bicyclic) bond motifs is 5. The van der Waals surface area contributed by atoms with Gasteiger partial charge in [0.05, 0.1) is 18.4 Å². The Hall–Kier alpha value is -3.86. The predicted octanol–water partition coefficient (Wildman–Crippen LogP) is 4.78. The van der Waals surface area contributed by atoms with Crippen molar-refractivity contribution in [2.75, 3.05) is 7.11 Å². The number of carboxylic acid groups (broad SMARTS) is 1. The quantitative estimate of drug-likeness (QED) is 0.537. The van der Waals surface area contributed by atoms with Crippen molar-refractivity contribution >= 4 is 16.7 Å². The molecule has 0 aliphatic heterocycles. The molecule has 0 saturated heterocycles. The Balaban J connectivity index is 1.91. The zero-order valence-electron chi connectivity index (χ0n) is 16.2. The maximum Gasteiger partial charge on any atom is 0.344 e. The van der Waals surface area contributed by atoms with Gasteiger partial charge in [-0.15, -0.1) is 0 Å². The van der Waals surface area contributed by atoms with E-state index >= 15 is 0 Å². The van der Waals surface area contributed by atoms with Crippen molar-refractivity contribution in [3.8, 4) is 17.1 Å². The van der Waals surface area contributed by atoms with Gasteiger partial charge >= 0.3 is 11.6 Å². The van der Waals surface area contributed by atoms with Crippen LogP contribution in [0, 0.1) is 0 Å². The fourth-order valence-electron chi connectivity index (χ4n) is 4.50. The number of carbonyl (C=O) groups is 1. The van der Waals surface area contributed by atoms with Crippen molar-refractivity contribution in [3.63, 3.8) is 0 Å². The minimum atomic E-state index is -0.927. The molecule has 5 heteroatoms. The molecular formula is C25H18O5.